The fourth-order valence-electron chi connectivity index (χ4n) is 1.52. The van der Waals surface area contributed by atoms with E-state index in [1.165, 1.54) is 30.8 Å². The zero-order valence-corrected chi connectivity index (χ0v) is 13.2. The van der Waals surface area contributed by atoms with Crippen LogP contribution in [-0.4, -0.2) is 24.4 Å². The van der Waals surface area contributed by atoms with Crippen LogP contribution in [0.4, 0.5) is 9.52 Å². The Morgan fingerprint density at radius 3 is 2.80 bits per heavy atom. The zero-order valence-electron chi connectivity index (χ0n) is 10.8. The molecular formula is C11H12FN3O2S3. The minimum atomic E-state index is -3.78. The van der Waals surface area contributed by atoms with Crippen molar-refractivity contribution in [2.24, 2.45) is 0 Å². The van der Waals surface area contributed by atoms with E-state index < -0.39 is 15.8 Å². The smallest absolute Gasteiger partial charge is 0.253 e. The molecule has 0 aliphatic rings. The van der Waals surface area contributed by atoms with Crippen molar-refractivity contribution in [3.8, 4) is 0 Å². The highest BCUT2D eigenvalue weighted by atomic mass is 32.2. The Kier molecular flexibility index (Phi) is 4.61. The van der Waals surface area contributed by atoms with Crippen molar-refractivity contribution in [3.05, 3.63) is 29.6 Å². The summed E-state index contributed by atoms with van der Waals surface area (Å²) in [6, 6.07) is 3.52. The van der Waals surface area contributed by atoms with Gasteiger partial charge < -0.3 is 0 Å². The first kappa shape index (κ1) is 15.2. The third-order valence-electron chi connectivity index (χ3n) is 2.32. The van der Waals surface area contributed by atoms with Gasteiger partial charge in [-0.15, -0.1) is 10.2 Å². The van der Waals surface area contributed by atoms with Crippen molar-refractivity contribution in [2.75, 3.05) is 10.5 Å². The molecule has 0 radical (unpaired) electrons. The average Bonchev–Trinajstić information content (AvgIpc) is 2.75. The number of hydrogen-bond donors (Lipinski definition) is 1. The number of halogens is 1. The van der Waals surface area contributed by atoms with Gasteiger partial charge in [-0.3, -0.25) is 4.72 Å². The zero-order chi connectivity index (χ0) is 14.8. The van der Waals surface area contributed by atoms with Crippen LogP contribution in [0.15, 0.2) is 27.4 Å². The summed E-state index contributed by atoms with van der Waals surface area (Å²) in [6.07, 6.45) is 0. The Bertz CT molecular complexity index is 715. The summed E-state index contributed by atoms with van der Waals surface area (Å²) >= 11 is 2.65. The maximum atomic E-state index is 13.0. The van der Waals surface area contributed by atoms with Gasteiger partial charge in [0.15, 0.2) is 4.34 Å². The number of rotatable bonds is 5. The molecule has 1 heterocycles. The van der Waals surface area contributed by atoms with E-state index in [0.717, 1.165) is 23.2 Å². The Labute approximate surface area is 124 Å². The standard InChI is InChI=1S/C11H12FN3O2S3/c1-3-18-11-14-13-10(19-11)15-20(16,17)9-5-4-8(12)6-7(9)2/h4-6H,3H2,1-2H3,(H,13,15). The van der Waals surface area contributed by atoms with Gasteiger partial charge in [-0.25, -0.2) is 12.8 Å². The van der Waals surface area contributed by atoms with E-state index in [0.29, 0.717) is 9.90 Å². The summed E-state index contributed by atoms with van der Waals surface area (Å²) in [7, 11) is -3.78. The lowest BCUT2D eigenvalue weighted by Gasteiger charge is -2.07. The maximum absolute atomic E-state index is 13.0. The van der Waals surface area contributed by atoms with Crippen LogP contribution in [0.3, 0.4) is 0 Å². The summed E-state index contributed by atoms with van der Waals surface area (Å²) in [6.45, 7) is 3.51. The van der Waals surface area contributed by atoms with Crippen LogP contribution in [0.1, 0.15) is 12.5 Å². The van der Waals surface area contributed by atoms with Crippen LogP contribution >= 0.6 is 23.1 Å². The van der Waals surface area contributed by atoms with E-state index in [9.17, 15) is 12.8 Å². The molecule has 0 bridgehead atoms. The van der Waals surface area contributed by atoms with Gasteiger partial charge in [0.25, 0.3) is 10.0 Å². The van der Waals surface area contributed by atoms with E-state index in [2.05, 4.69) is 14.9 Å². The van der Waals surface area contributed by atoms with Crippen molar-refractivity contribution in [1.29, 1.82) is 0 Å². The highest BCUT2D eigenvalue weighted by molar-refractivity contribution is 8.01. The fourth-order valence-corrected chi connectivity index (χ4v) is 4.62. The lowest BCUT2D eigenvalue weighted by molar-refractivity contribution is 0.598. The molecule has 0 fully saturated rings. The topological polar surface area (TPSA) is 72.0 Å². The number of sulfonamides is 1. The highest BCUT2D eigenvalue weighted by Gasteiger charge is 2.19. The largest absolute Gasteiger partial charge is 0.263 e. The van der Waals surface area contributed by atoms with E-state index in [-0.39, 0.29) is 10.0 Å². The van der Waals surface area contributed by atoms with Gasteiger partial charge in [0.2, 0.25) is 5.13 Å². The first-order valence-electron chi connectivity index (χ1n) is 5.67. The van der Waals surface area contributed by atoms with Gasteiger partial charge >= 0.3 is 0 Å². The Balaban J connectivity index is 2.26. The predicted octanol–water partition coefficient (Wildman–Crippen LogP) is 2.90. The third-order valence-corrected chi connectivity index (χ3v) is 5.80. The molecular weight excluding hydrogens is 321 g/mol. The molecule has 2 rings (SSSR count). The van der Waals surface area contributed by atoms with Gasteiger partial charge in [0.1, 0.15) is 5.82 Å². The quantitative estimate of drug-likeness (QED) is 0.852. The number of anilines is 1. The van der Waals surface area contributed by atoms with Crippen molar-refractivity contribution in [2.45, 2.75) is 23.1 Å². The van der Waals surface area contributed by atoms with Gasteiger partial charge in [-0.1, -0.05) is 30.0 Å². The number of nitrogens with zero attached hydrogens (tertiary/aromatic N) is 2. The SMILES string of the molecule is CCSc1nnc(NS(=O)(=O)c2ccc(F)cc2C)s1. The molecule has 5 nitrogen and oxygen atoms in total. The van der Waals surface area contributed by atoms with E-state index >= 15 is 0 Å². The van der Waals surface area contributed by atoms with Gasteiger partial charge in [0, 0.05) is 0 Å². The second-order valence-corrected chi connectivity index (χ2v) is 7.96. The van der Waals surface area contributed by atoms with Crippen LogP contribution in [0.5, 0.6) is 0 Å². The molecule has 0 atom stereocenters. The van der Waals surface area contributed by atoms with E-state index in [1.807, 2.05) is 6.92 Å². The van der Waals surface area contributed by atoms with Crippen molar-refractivity contribution < 1.29 is 12.8 Å². The number of nitrogens with one attached hydrogen (secondary N) is 1. The van der Waals surface area contributed by atoms with Crippen molar-refractivity contribution >= 4 is 38.3 Å². The number of aromatic nitrogens is 2. The van der Waals surface area contributed by atoms with Crippen molar-refractivity contribution in [1.82, 2.24) is 10.2 Å². The lowest BCUT2D eigenvalue weighted by Crippen LogP contribution is -2.14. The van der Waals surface area contributed by atoms with Gasteiger partial charge in [-0.05, 0) is 36.4 Å². The van der Waals surface area contributed by atoms with Crippen LogP contribution in [-0.2, 0) is 10.0 Å². The summed E-state index contributed by atoms with van der Waals surface area (Å²) in [5.74, 6) is 0.359. The first-order chi connectivity index (χ1) is 9.42. The molecule has 9 heteroatoms. The van der Waals surface area contributed by atoms with Crippen LogP contribution < -0.4 is 4.72 Å². The maximum Gasteiger partial charge on any atom is 0.263 e. The van der Waals surface area contributed by atoms with E-state index in [1.54, 1.807) is 0 Å². The minimum Gasteiger partial charge on any atom is -0.253 e. The monoisotopic (exact) mass is 333 g/mol. The Hall–Kier alpha value is -1.19. The molecule has 0 saturated carbocycles. The Morgan fingerprint density at radius 2 is 2.15 bits per heavy atom. The van der Waals surface area contributed by atoms with Crippen LogP contribution in [0, 0.1) is 12.7 Å². The average molecular weight is 333 g/mol. The Morgan fingerprint density at radius 1 is 1.40 bits per heavy atom. The van der Waals surface area contributed by atoms with Gasteiger partial charge in [-0.2, -0.15) is 0 Å². The summed E-state index contributed by atoms with van der Waals surface area (Å²) in [4.78, 5) is 0.0267. The van der Waals surface area contributed by atoms with Crippen molar-refractivity contribution in [3.63, 3.8) is 0 Å². The molecule has 20 heavy (non-hydrogen) atoms. The lowest BCUT2D eigenvalue weighted by atomic mass is 10.2. The molecule has 0 saturated heterocycles. The van der Waals surface area contributed by atoms with Gasteiger partial charge in [0.05, 0.1) is 4.90 Å². The van der Waals surface area contributed by atoms with Crippen LogP contribution in [0.2, 0.25) is 0 Å². The molecule has 1 aromatic carbocycles. The van der Waals surface area contributed by atoms with Crippen LogP contribution in [0.25, 0.3) is 0 Å². The van der Waals surface area contributed by atoms with E-state index in [4.69, 9.17) is 0 Å². The summed E-state index contributed by atoms with van der Waals surface area (Å²) < 4.78 is 40.5. The molecule has 0 aliphatic carbocycles. The number of hydrogen-bond acceptors (Lipinski definition) is 6. The second kappa shape index (κ2) is 6.06. The molecule has 1 aromatic heterocycles. The number of aryl methyl sites for hydroxylation is 1. The molecule has 0 aliphatic heterocycles. The molecule has 2 aromatic rings. The normalized spacial score (nSPS) is 11.6. The predicted molar refractivity (Wildman–Crippen MR) is 78.3 cm³/mol. The molecule has 0 spiro atoms. The summed E-state index contributed by atoms with van der Waals surface area (Å²) in [5, 5.41) is 7.84. The molecule has 0 unspecified atom stereocenters. The minimum absolute atomic E-state index is 0.0267. The third kappa shape index (κ3) is 3.47. The molecule has 0 amide bonds. The number of benzene rings is 1. The molecule has 1 N–H and O–H groups in total. The molecule has 108 valence electrons. The highest BCUT2D eigenvalue weighted by Crippen LogP contribution is 2.27. The fraction of sp³-hybridized carbons (Fsp3) is 0.273. The first-order valence-corrected chi connectivity index (χ1v) is 8.96. The number of thioether (sulfide) groups is 1. The summed E-state index contributed by atoms with van der Waals surface area (Å²) in [5.41, 5.74) is 0.338. The second-order valence-electron chi connectivity index (χ2n) is 3.82.